The van der Waals surface area contributed by atoms with Crippen molar-refractivity contribution in [1.29, 1.82) is 0 Å². The molecule has 0 unspecified atom stereocenters. The Balaban J connectivity index is 1.70. The molecule has 4 rings (SSSR count). The van der Waals surface area contributed by atoms with Crippen molar-refractivity contribution in [2.24, 2.45) is 17.3 Å². The lowest BCUT2D eigenvalue weighted by molar-refractivity contribution is -0.285. The van der Waals surface area contributed by atoms with Crippen LogP contribution in [-0.4, -0.2) is 46.6 Å². The first-order valence-electron chi connectivity index (χ1n) is 11.5. The number of benzene rings is 1. The van der Waals surface area contributed by atoms with Gasteiger partial charge in [-0.1, -0.05) is 37.3 Å². The van der Waals surface area contributed by atoms with E-state index in [0.29, 0.717) is 12.8 Å². The molecule has 6 heteroatoms. The molecule has 2 saturated carbocycles. The highest BCUT2D eigenvalue weighted by molar-refractivity contribution is 5.87. The summed E-state index contributed by atoms with van der Waals surface area (Å²) in [6.07, 6.45) is 3.18. The predicted molar refractivity (Wildman–Crippen MR) is 119 cm³/mol. The van der Waals surface area contributed by atoms with Gasteiger partial charge in [0.15, 0.2) is 0 Å². The highest BCUT2D eigenvalue weighted by atomic mass is 16.6. The van der Waals surface area contributed by atoms with Gasteiger partial charge in [-0.25, -0.2) is 4.79 Å². The molecule has 174 valence electrons. The lowest BCUT2D eigenvalue weighted by atomic mass is 9.49. The molecule has 0 amide bonds. The van der Waals surface area contributed by atoms with Crippen LogP contribution in [0.2, 0.25) is 0 Å². The van der Waals surface area contributed by atoms with E-state index in [1.807, 2.05) is 51.1 Å². The minimum Gasteiger partial charge on any atom is -0.462 e. The molecule has 7 atom stereocenters. The molecule has 1 aromatic carbocycles. The number of carbonyl (C=O) groups excluding carboxylic acids is 2. The number of carbonyl (C=O) groups is 2. The third-order valence-corrected chi connectivity index (χ3v) is 8.17. The number of ether oxygens (including phenoxy) is 3. The zero-order valence-corrected chi connectivity index (χ0v) is 19.5. The monoisotopic (exact) mass is 442 g/mol. The average molecular weight is 443 g/mol. The Morgan fingerprint density at radius 1 is 1.09 bits per heavy atom. The number of fused-ring (bicyclic) bond motifs is 1. The van der Waals surface area contributed by atoms with E-state index in [-0.39, 0.29) is 17.8 Å². The molecule has 1 aliphatic heterocycles. The van der Waals surface area contributed by atoms with E-state index in [4.69, 9.17) is 14.2 Å². The molecule has 0 aromatic heterocycles. The number of aliphatic hydroxyl groups is 1. The van der Waals surface area contributed by atoms with Crippen molar-refractivity contribution < 1.29 is 28.9 Å². The Morgan fingerprint density at radius 2 is 1.78 bits per heavy atom. The molecular formula is C26H34O6. The molecule has 1 N–H and O–H groups in total. The summed E-state index contributed by atoms with van der Waals surface area (Å²) in [5, 5.41) is 11.5. The van der Waals surface area contributed by atoms with Crippen LogP contribution in [0.3, 0.4) is 0 Å². The Kier molecular flexibility index (Phi) is 5.74. The molecule has 3 aliphatic rings. The molecule has 1 saturated heterocycles. The number of esters is 2. The average Bonchev–Trinajstić information content (AvgIpc) is 2.89. The zero-order chi connectivity index (χ0) is 23.3. The van der Waals surface area contributed by atoms with Crippen molar-refractivity contribution in [3.63, 3.8) is 0 Å². The molecule has 2 bridgehead atoms. The van der Waals surface area contributed by atoms with Crippen LogP contribution in [0, 0.1) is 17.3 Å². The third kappa shape index (κ3) is 3.39. The molecular weight excluding hydrogens is 408 g/mol. The predicted octanol–water partition coefficient (Wildman–Crippen LogP) is 3.91. The van der Waals surface area contributed by atoms with E-state index in [1.54, 1.807) is 6.08 Å². The smallest absolute Gasteiger partial charge is 0.331 e. The fraction of sp³-hybridized carbons (Fsp3) is 0.615. The zero-order valence-electron chi connectivity index (χ0n) is 19.5. The van der Waals surface area contributed by atoms with Gasteiger partial charge in [-0.2, -0.15) is 0 Å². The van der Waals surface area contributed by atoms with Crippen molar-refractivity contribution in [3.8, 4) is 0 Å². The molecule has 1 spiro atoms. The summed E-state index contributed by atoms with van der Waals surface area (Å²) in [5.74, 6) is -1.02. The second-order valence-corrected chi connectivity index (χ2v) is 10.3. The van der Waals surface area contributed by atoms with Crippen LogP contribution in [0.15, 0.2) is 36.4 Å². The summed E-state index contributed by atoms with van der Waals surface area (Å²) >= 11 is 0. The van der Waals surface area contributed by atoms with E-state index >= 15 is 0 Å². The van der Waals surface area contributed by atoms with Gasteiger partial charge in [-0.05, 0) is 57.6 Å². The van der Waals surface area contributed by atoms with Gasteiger partial charge in [-0.3, -0.25) is 4.79 Å². The Hall–Kier alpha value is -2.18. The number of rotatable bonds is 4. The van der Waals surface area contributed by atoms with Gasteiger partial charge in [0.05, 0.1) is 17.1 Å². The standard InChI is InChI=1S/C26H34O6/c1-16-11-13-20(30-17(2)27)25(5)21(15-19-23(29)26(16,25)32-24(19,3)4)31-22(28)14-12-18-9-7-6-8-10-18/h6-10,12,14,16,19-21,23,29H,11,13,15H2,1-5H3/b14-12+/t16-,19-,20+,21+,23-,25+,26-/m1/s1. The van der Waals surface area contributed by atoms with E-state index in [1.165, 1.54) is 13.0 Å². The van der Waals surface area contributed by atoms with Crippen LogP contribution >= 0.6 is 0 Å². The molecule has 1 heterocycles. The minimum atomic E-state index is -0.966. The summed E-state index contributed by atoms with van der Waals surface area (Å²) in [5.41, 5.74) is -1.53. The van der Waals surface area contributed by atoms with Crippen molar-refractivity contribution in [2.75, 3.05) is 0 Å². The van der Waals surface area contributed by atoms with Crippen LogP contribution < -0.4 is 0 Å². The second-order valence-electron chi connectivity index (χ2n) is 10.3. The molecule has 32 heavy (non-hydrogen) atoms. The van der Waals surface area contributed by atoms with E-state index < -0.39 is 40.9 Å². The van der Waals surface area contributed by atoms with E-state index in [0.717, 1.165) is 12.0 Å². The highest BCUT2D eigenvalue weighted by Gasteiger charge is 2.77. The third-order valence-electron chi connectivity index (χ3n) is 8.17. The van der Waals surface area contributed by atoms with Crippen LogP contribution in [0.1, 0.15) is 59.4 Å². The maximum absolute atomic E-state index is 12.9. The van der Waals surface area contributed by atoms with Gasteiger partial charge >= 0.3 is 11.9 Å². The fourth-order valence-corrected chi connectivity index (χ4v) is 6.58. The van der Waals surface area contributed by atoms with Gasteiger partial charge < -0.3 is 19.3 Å². The SMILES string of the molecule is CC(=O)O[C@H]1CC[C@@H](C)[C@]23OC(C)(C)[C@H](C[C@H](OC(=O)/C=C/c4ccccc4)[C@]12C)[C@H]3O. The quantitative estimate of drug-likeness (QED) is 0.562. The number of hydrogen-bond acceptors (Lipinski definition) is 6. The van der Waals surface area contributed by atoms with Gasteiger partial charge in [0.2, 0.25) is 0 Å². The van der Waals surface area contributed by atoms with Crippen LogP contribution in [0.25, 0.3) is 6.08 Å². The highest BCUT2D eigenvalue weighted by Crippen LogP contribution is 2.66. The van der Waals surface area contributed by atoms with Crippen molar-refractivity contribution in [3.05, 3.63) is 42.0 Å². The van der Waals surface area contributed by atoms with Crippen LogP contribution in [0.5, 0.6) is 0 Å². The summed E-state index contributed by atoms with van der Waals surface area (Å²) in [7, 11) is 0. The summed E-state index contributed by atoms with van der Waals surface area (Å²) in [6, 6.07) is 9.55. The lowest BCUT2D eigenvalue weighted by Crippen LogP contribution is -2.72. The summed E-state index contributed by atoms with van der Waals surface area (Å²) in [4.78, 5) is 24.8. The first-order valence-corrected chi connectivity index (χ1v) is 11.5. The van der Waals surface area contributed by atoms with Crippen LogP contribution in [-0.2, 0) is 23.8 Å². The van der Waals surface area contributed by atoms with Crippen LogP contribution in [0.4, 0.5) is 0 Å². The maximum Gasteiger partial charge on any atom is 0.331 e. The number of aliphatic hydroxyl groups excluding tert-OH is 1. The maximum atomic E-state index is 12.9. The topological polar surface area (TPSA) is 82.1 Å². The minimum absolute atomic E-state index is 0.0138. The normalized spacial score (nSPS) is 40.0. The summed E-state index contributed by atoms with van der Waals surface area (Å²) in [6.45, 7) is 9.38. The van der Waals surface area contributed by atoms with E-state index in [2.05, 4.69) is 6.92 Å². The Labute approximate surface area is 189 Å². The molecule has 3 fully saturated rings. The fourth-order valence-electron chi connectivity index (χ4n) is 6.58. The van der Waals surface area contributed by atoms with Gasteiger partial charge in [0.25, 0.3) is 0 Å². The summed E-state index contributed by atoms with van der Waals surface area (Å²) < 4.78 is 18.5. The number of hydrogen-bond donors (Lipinski definition) is 1. The largest absolute Gasteiger partial charge is 0.462 e. The van der Waals surface area contributed by atoms with Crippen molar-refractivity contribution >= 4 is 18.0 Å². The second kappa shape index (κ2) is 7.99. The first kappa shape index (κ1) is 23.0. The van der Waals surface area contributed by atoms with E-state index in [9.17, 15) is 14.7 Å². The van der Waals surface area contributed by atoms with Gasteiger partial charge in [0.1, 0.15) is 17.8 Å². The molecule has 6 nitrogen and oxygen atoms in total. The lowest BCUT2D eigenvalue weighted by Gasteiger charge is -2.61. The molecule has 1 aromatic rings. The molecule has 0 radical (unpaired) electrons. The van der Waals surface area contributed by atoms with Crippen molar-refractivity contribution in [2.45, 2.75) is 83.4 Å². The van der Waals surface area contributed by atoms with Crippen molar-refractivity contribution in [1.82, 2.24) is 0 Å². The van der Waals surface area contributed by atoms with Gasteiger partial charge in [-0.15, -0.1) is 0 Å². The van der Waals surface area contributed by atoms with Gasteiger partial charge in [0, 0.05) is 18.9 Å². The Bertz CT molecular complexity index is 908. The molecule has 2 aliphatic carbocycles. The Morgan fingerprint density at radius 3 is 2.44 bits per heavy atom. The first-order chi connectivity index (χ1) is 15.0.